The van der Waals surface area contributed by atoms with Crippen molar-refractivity contribution in [2.24, 2.45) is 0 Å². The molecule has 142 valence electrons. The predicted octanol–water partition coefficient (Wildman–Crippen LogP) is 4.51. The number of carbonyl (C=O) groups excluding carboxylic acids is 1. The molecule has 0 spiro atoms. The summed E-state index contributed by atoms with van der Waals surface area (Å²) in [4.78, 5) is 17.7. The first kappa shape index (κ1) is 18.8. The second kappa shape index (κ2) is 8.21. The number of hydrogen-bond donors (Lipinski definition) is 1. The van der Waals surface area contributed by atoms with Crippen LogP contribution in [0.5, 0.6) is 0 Å². The number of amides is 1. The number of rotatable bonds is 7. The summed E-state index contributed by atoms with van der Waals surface area (Å²) < 4.78 is 15.8. The van der Waals surface area contributed by atoms with Crippen LogP contribution in [0.2, 0.25) is 0 Å². The number of fused-ring (bicyclic) bond motifs is 1. The zero-order valence-electron chi connectivity index (χ0n) is 14.5. The van der Waals surface area contributed by atoms with Crippen molar-refractivity contribution in [1.82, 2.24) is 19.6 Å². The first-order valence-electron chi connectivity index (χ1n) is 8.21. The molecule has 1 N–H and O–H groups in total. The first-order valence-corrected chi connectivity index (χ1v) is 10.9. The third-order valence-electron chi connectivity index (χ3n) is 3.74. The molecule has 0 aliphatic heterocycles. The molecule has 0 fully saturated rings. The maximum atomic E-state index is 13.1. The van der Waals surface area contributed by atoms with Crippen LogP contribution in [0.15, 0.2) is 52.8 Å². The van der Waals surface area contributed by atoms with Gasteiger partial charge in [0, 0.05) is 28.6 Å². The van der Waals surface area contributed by atoms with E-state index in [0.717, 1.165) is 32.0 Å². The Morgan fingerprint density at radius 2 is 2.14 bits per heavy atom. The minimum Gasteiger partial charge on any atom is -0.300 e. The van der Waals surface area contributed by atoms with E-state index < -0.39 is 0 Å². The van der Waals surface area contributed by atoms with Gasteiger partial charge in [0.25, 0.3) is 0 Å². The normalized spacial score (nSPS) is 11.0. The second-order valence-electron chi connectivity index (χ2n) is 5.71. The number of imidazole rings is 1. The van der Waals surface area contributed by atoms with Crippen molar-refractivity contribution in [3.8, 4) is 11.3 Å². The molecule has 0 unspecified atom stereocenters. The van der Waals surface area contributed by atoms with Gasteiger partial charge in [-0.2, -0.15) is 0 Å². The van der Waals surface area contributed by atoms with Gasteiger partial charge < -0.3 is 5.32 Å². The van der Waals surface area contributed by atoms with E-state index >= 15 is 0 Å². The molecule has 28 heavy (non-hydrogen) atoms. The predicted molar refractivity (Wildman–Crippen MR) is 112 cm³/mol. The molecule has 0 aliphatic rings. The molecule has 1 amide bonds. The molecule has 3 aromatic heterocycles. The van der Waals surface area contributed by atoms with Crippen molar-refractivity contribution >= 4 is 50.4 Å². The largest absolute Gasteiger partial charge is 0.300 e. The highest BCUT2D eigenvalue weighted by molar-refractivity contribution is 8.01. The Balaban J connectivity index is 1.47. The highest BCUT2D eigenvalue weighted by Crippen LogP contribution is 2.26. The molecule has 0 saturated heterocycles. The van der Waals surface area contributed by atoms with Gasteiger partial charge in [-0.25, -0.2) is 9.37 Å². The van der Waals surface area contributed by atoms with Crippen molar-refractivity contribution in [2.75, 3.05) is 11.1 Å². The fraction of sp³-hybridized carbons (Fsp3) is 0.111. The Morgan fingerprint density at radius 3 is 2.93 bits per heavy atom. The van der Waals surface area contributed by atoms with Crippen molar-refractivity contribution in [1.29, 1.82) is 0 Å². The number of hydrogen-bond acceptors (Lipinski definition) is 7. The zero-order valence-corrected chi connectivity index (χ0v) is 16.9. The van der Waals surface area contributed by atoms with E-state index in [1.807, 2.05) is 16.0 Å². The van der Waals surface area contributed by atoms with Gasteiger partial charge in [0.1, 0.15) is 5.82 Å². The maximum absolute atomic E-state index is 13.1. The van der Waals surface area contributed by atoms with Crippen LogP contribution in [0.3, 0.4) is 0 Å². The summed E-state index contributed by atoms with van der Waals surface area (Å²) in [5.74, 6) is 0.282. The molecule has 10 heteroatoms. The van der Waals surface area contributed by atoms with Crippen LogP contribution in [-0.4, -0.2) is 31.2 Å². The number of anilines is 1. The Hall–Kier alpha value is -2.56. The maximum Gasteiger partial charge on any atom is 0.232 e. The van der Waals surface area contributed by atoms with E-state index in [2.05, 4.69) is 27.1 Å². The number of carbonyl (C=O) groups is 1. The molecule has 6 nitrogen and oxygen atoms in total. The first-order chi connectivity index (χ1) is 13.6. The number of nitrogens with one attached hydrogen (secondary N) is 1. The molecule has 4 rings (SSSR count). The summed E-state index contributed by atoms with van der Waals surface area (Å²) in [7, 11) is 0. The number of halogens is 1. The molecule has 3 heterocycles. The van der Waals surface area contributed by atoms with Crippen LogP contribution in [0, 0.1) is 5.82 Å². The molecule has 0 saturated carbocycles. The summed E-state index contributed by atoms with van der Waals surface area (Å²) in [5.41, 5.74) is 2.39. The van der Waals surface area contributed by atoms with Gasteiger partial charge in [-0.3, -0.25) is 9.20 Å². The van der Waals surface area contributed by atoms with Crippen molar-refractivity contribution < 1.29 is 9.18 Å². The molecular weight excluding hydrogens is 417 g/mol. The van der Waals surface area contributed by atoms with E-state index in [1.54, 1.807) is 18.2 Å². The topological polar surface area (TPSA) is 72.2 Å². The smallest absolute Gasteiger partial charge is 0.232 e. The van der Waals surface area contributed by atoms with E-state index in [4.69, 9.17) is 0 Å². The van der Waals surface area contributed by atoms with Crippen molar-refractivity contribution in [3.05, 3.63) is 60.0 Å². The zero-order chi connectivity index (χ0) is 19.5. The summed E-state index contributed by atoms with van der Waals surface area (Å²) >= 11 is 4.31. The minimum atomic E-state index is -0.287. The number of benzene rings is 1. The number of aromatic nitrogens is 4. The fourth-order valence-electron chi connectivity index (χ4n) is 2.49. The van der Waals surface area contributed by atoms with E-state index in [0.29, 0.717) is 5.13 Å². The van der Waals surface area contributed by atoms with Crippen molar-refractivity contribution in [3.63, 3.8) is 0 Å². The van der Waals surface area contributed by atoms with Gasteiger partial charge in [0.05, 0.1) is 12.1 Å². The average Bonchev–Trinajstić information content (AvgIpc) is 3.38. The van der Waals surface area contributed by atoms with Crippen LogP contribution >= 0.6 is 34.4 Å². The van der Waals surface area contributed by atoms with Gasteiger partial charge in [-0.15, -0.1) is 28.1 Å². The fourth-order valence-corrected chi connectivity index (χ4v) is 4.90. The summed E-state index contributed by atoms with van der Waals surface area (Å²) in [5, 5.41) is 13.2. The molecule has 0 radical (unpaired) electrons. The van der Waals surface area contributed by atoms with Crippen molar-refractivity contribution in [2.45, 2.75) is 10.8 Å². The molecular formula is C18H14FN5OS3. The average molecular weight is 432 g/mol. The van der Waals surface area contributed by atoms with Gasteiger partial charge in [-0.1, -0.05) is 29.2 Å². The lowest BCUT2D eigenvalue weighted by Gasteiger charge is -2.00. The quantitative estimate of drug-likeness (QED) is 0.265. The Bertz CT molecular complexity index is 1130. The Morgan fingerprint density at radius 1 is 1.32 bits per heavy atom. The monoisotopic (exact) mass is 431 g/mol. The van der Waals surface area contributed by atoms with Crippen LogP contribution in [0.4, 0.5) is 9.52 Å². The standard InChI is InChI=1S/C18H14FN5OS3/c1-2-7-26-18-23-22-16(28-18)21-15(25)8-13-10-27-17-20-14(9-24(13)17)11-3-5-12(19)6-4-11/h2-6,9-10H,1,7-8H2,(H,21,22,25). The number of thioether (sulfide) groups is 1. The van der Waals surface area contributed by atoms with Gasteiger partial charge in [-0.05, 0) is 24.3 Å². The Kier molecular flexibility index (Phi) is 5.51. The molecule has 1 aromatic carbocycles. The highest BCUT2D eigenvalue weighted by atomic mass is 32.2. The van der Waals surface area contributed by atoms with Crippen LogP contribution in [-0.2, 0) is 11.2 Å². The number of thiazole rings is 1. The third-order valence-corrected chi connectivity index (χ3v) is 6.60. The van der Waals surface area contributed by atoms with Crippen LogP contribution in [0.1, 0.15) is 5.69 Å². The minimum absolute atomic E-state index is 0.173. The summed E-state index contributed by atoms with van der Waals surface area (Å²) in [6.45, 7) is 3.67. The highest BCUT2D eigenvalue weighted by Gasteiger charge is 2.14. The van der Waals surface area contributed by atoms with Gasteiger partial charge in [0.15, 0.2) is 9.30 Å². The summed E-state index contributed by atoms with van der Waals surface area (Å²) in [6, 6.07) is 6.18. The molecule has 0 atom stereocenters. The molecule has 4 aromatic rings. The van der Waals surface area contributed by atoms with E-state index in [1.165, 1.54) is 46.6 Å². The lowest BCUT2D eigenvalue weighted by atomic mass is 10.2. The third kappa shape index (κ3) is 4.13. The van der Waals surface area contributed by atoms with Gasteiger partial charge >= 0.3 is 0 Å². The van der Waals surface area contributed by atoms with Crippen LogP contribution < -0.4 is 5.32 Å². The van der Waals surface area contributed by atoms with E-state index in [-0.39, 0.29) is 18.1 Å². The van der Waals surface area contributed by atoms with E-state index in [9.17, 15) is 9.18 Å². The van der Waals surface area contributed by atoms with Crippen LogP contribution in [0.25, 0.3) is 16.2 Å². The SMILES string of the molecule is C=CCSc1nnc(NC(=O)Cc2csc3nc(-c4ccc(F)cc4)cn23)s1. The lowest BCUT2D eigenvalue weighted by Crippen LogP contribution is -2.15. The molecule has 0 aliphatic carbocycles. The molecule has 0 bridgehead atoms. The number of nitrogens with zero attached hydrogens (tertiary/aromatic N) is 4. The lowest BCUT2D eigenvalue weighted by molar-refractivity contribution is -0.115. The van der Waals surface area contributed by atoms with Gasteiger partial charge in [0.2, 0.25) is 11.0 Å². The second-order valence-corrected chi connectivity index (χ2v) is 8.79. The Labute approximate surface area is 172 Å². The summed E-state index contributed by atoms with van der Waals surface area (Å²) in [6.07, 6.45) is 3.84.